The van der Waals surface area contributed by atoms with Crippen molar-refractivity contribution in [2.45, 2.75) is 27.7 Å². The van der Waals surface area contributed by atoms with Crippen molar-refractivity contribution in [3.05, 3.63) is 59.2 Å². The Hall–Kier alpha value is -2.95. The quantitative estimate of drug-likeness (QED) is 0.556. The van der Waals surface area contributed by atoms with Gasteiger partial charge in [-0.1, -0.05) is 17.7 Å². The molecule has 0 saturated carbocycles. The highest BCUT2D eigenvalue weighted by molar-refractivity contribution is 5.81. The van der Waals surface area contributed by atoms with Gasteiger partial charge in [-0.2, -0.15) is 5.10 Å². The van der Waals surface area contributed by atoms with E-state index in [-0.39, 0.29) is 0 Å². The molecule has 0 N–H and O–H groups in total. The minimum Gasteiger partial charge on any atom is -0.331 e. The van der Waals surface area contributed by atoms with Crippen molar-refractivity contribution < 1.29 is 0 Å². The van der Waals surface area contributed by atoms with Crippen molar-refractivity contribution in [3.8, 4) is 17.1 Å². The summed E-state index contributed by atoms with van der Waals surface area (Å²) in [7, 11) is 2.03. The Labute approximate surface area is 147 Å². The highest BCUT2D eigenvalue weighted by atomic mass is 15.3. The molecule has 0 aliphatic heterocycles. The molecular weight excluding hydrogens is 310 g/mol. The van der Waals surface area contributed by atoms with E-state index in [1.807, 2.05) is 18.7 Å². The Kier molecular flexibility index (Phi) is 3.46. The van der Waals surface area contributed by atoms with E-state index in [4.69, 9.17) is 0 Å². The predicted octanol–water partition coefficient (Wildman–Crippen LogP) is 4.05. The first-order valence-electron chi connectivity index (χ1n) is 8.37. The van der Waals surface area contributed by atoms with Crippen molar-refractivity contribution in [2.24, 2.45) is 7.05 Å². The van der Waals surface area contributed by atoms with E-state index in [9.17, 15) is 0 Å². The van der Waals surface area contributed by atoms with Gasteiger partial charge in [0.15, 0.2) is 5.82 Å². The van der Waals surface area contributed by atoms with Gasteiger partial charge in [0.25, 0.3) is 0 Å². The maximum atomic E-state index is 4.64. The monoisotopic (exact) mass is 331 g/mol. The van der Waals surface area contributed by atoms with Crippen LogP contribution in [0.4, 0.5) is 0 Å². The first-order valence-corrected chi connectivity index (χ1v) is 8.37. The normalized spacial score (nSPS) is 11.4. The van der Waals surface area contributed by atoms with Gasteiger partial charge in [-0.3, -0.25) is 0 Å². The standard InChI is InChI=1S/C20H21N5/c1-12-8-13(2)19(14(3)9-12)25-20(21-11-22-25)16-6-7-18-17(10-16)23-15(4)24(18)5/h6-11H,1-5H3. The van der Waals surface area contributed by atoms with Gasteiger partial charge >= 0.3 is 0 Å². The van der Waals surface area contributed by atoms with Crippen LogP contribution in [0.15, 0.2) is 36.7 Å². The third-order valence-electron chi connectivity index (χ3n) is 4.76. The molecule has 25 heavy (non-hydrogen) atoms. The van der Waals surface area contributed by atoms with Crippen LogP contribution in [0, 0.1) is 27.7 Å². The van der Waals surface area contributed by atoms with Crippen LogP contribution in [0.5, 0.6) is 0 Å². The lowest BCUT2D eigenvalue weighted by molar-refractivity contribution is 0.870. The largest absolute Gasteiger partial charge is 0.331 e. The van der Waals surface area contributed by atoms with Gasteiger partial charge < -0.3 is 4.57 Å². The Balaban J connectivity index is 1.91. The summed E-state index contributed by atoms with van der Waals surface area (Å²) in [4.78, 5) is 9.16. The summed E-state index contributed by atoms with van der Waals surface area (Å²) in [5.41, 5.74) is 7.85. The van der Waals surface area contributed by atoms with Crippen molar-refractivity contribution in [1.82, 2.24) is 24.3 Å². The smallest absolute Gasteiger partial charge is 0.163 e. The van der Waals surface area contributed by atoms with E-state index in [1.54, 1.807) is 6.33 Å². The number of imidazole rings is 1. The Morgan fingerprint density at radius 2 is 1.64 bits per heavy atom. The summed E-state index contributed by atoms with van der Waals surface area (Å²) in [5, 5.41) is 4.50. The van der Waals surface area contributed by atoms with E-state index in [2.05, 4.69) is 70.7 Å². The van der Waals surface area contributed by atoms with Gasteiger partial charge in [0, 0.05) is 12.6 Å². The summed E-state index contributed by atoms with van der Waals surface area (Å²) in [5.74, 6) is 1.83. The molecule has 0 spiro atoms. The van der Waals surface area contributed by atoms with Crippen molar-refractivity contribution in [3.63, 3.8) is 0 Å². The molecule has 0 unspecified atom stereocenters. The molecule has 4 rings (SSSR count). The maximum Gasteiger partial charge on any atom is 0.163 e. The summed E-state index contributed by atoms with van der Waals surface area (Å²) >= 11 is 0. The minimum atomic E-state index is 0.834. The highest BCUT2D eigenvalue weighted by Gasteiger charge is 2.15. The summed E-state index contributed by atoms with van der Waals surface area (Å²) < 4.78 is 4.03. The second-order valence-electron chi connectivity index (χ2n) is 6.66. The number of aromatic nitrogens is 5. The zero-order valence-electron chi connectivity index (χ0n) is 15.2. The number of fused-ring (bicyclic) bond motifs is 1. The fourth-order valence-corrected chi connectivity index (χ4v) is 3.57. The Bertz CT molecular complexity index is 1080. The van der Waals surface area contributed by atoms with Gasteiger partial charge in [0.1, 0.15) is 12.2 Å². The van der Waals surface area contributed by atoms with Crippen LogP contribution in [0.1, 0.15) is 22.5 Å². The first-order chi connectivity index (χ1) is 12.0. The van der Waals surface area contributed by atoms with E-state index in [1.165, 1.54) is 16.7 Å². The molecule has 5 nitrogen and oxygen atoms in total. The summed E-state index contributed by atoms with van der Waals surface area (Å²) in [6.07, 6.45) is 1.61. The van der Waals surface area contributed by atoms with E-state index < -0.39 is 0 Å². The molecule has 0 bridgehead atoms. The minimum absolute atomic E-state index is 0.834. The molecule has 5 heteroatoms. The third-order valence-corrected chi connectivity index (χ3v) is 4.76. The van der Waals surface area contributed by atoms with Crippen LogP contribution < -0.4 is 0 Å². The molecule has 0 saturated heterocycles. The lowest BCUT2D eigenvalue weighted by Gasteiger charge is -2.13. The highest BCUT2D eigenvalue weighted by Crippen LogP contribution is 2.27. The number of rotatable bonds is 2. The molecule has 126 valence electrons. The zero-order valence-corrected chi connectivity index (χ0v) is 15.2. The second-order valence-corrected chi connectivity index (χ2v) is 6.66. The third kappa shape index (κ3) is 2.43. The molecular formula is C20H21N5. The molecule has 0 fully saturated rings. The molecule has 4 aromatic rings. The molecule has 0 aliphatic rings. The van der Waals surface area contributed by atoms with Gasteiger partial charge in [0.2, 0.25) is 0 Å². The van der Waals surface area contributed by atoms with E-state index >= 15 is 0 Å². The van der Waals surface area contributed by atoms with E-state index in [0.717, 1.165) is 33.9 Å². The van der Waals surface area contributed by atoms with Crippen LogP contribution in [0.2, 0.25) is 0 Å². The number of aryl methyl sites for hydroxylation is 5. The molecule has 0 atom stereocenters. The van der Waals surface area contributed by atoms with Crippen molar-refractivity contribution >= 4 is 11.0 Å². The van der Waals surface area contributed by atoms with Gasteiger partial charge in [0.05, 0.1) is 16.7 Å². The van der Waals surface area contributed by atoms with Gasteiger partial charge in [-0.15, -0.1) is 0 Å². The molecule has 2 aromatic heterocycles. The summed E-state index contributed by atoms with van der Waals surface area (Å²) in [6, 6.07) is 10.6. The average molecular weight is 331 g/mol. The average Bonchev–Trinajstić information content (AvgIpc) is 3.12. The van der Waals surface area contributed by atoms with E-state index in [0.29, 0.717) is 0 Å². The molecule has 2 heterocycles. The molecule has 0 aliphatic carbocycles. The summed E-state index contributed by atoms with van der Waals surface area (Å²) in [6.45, 7) is 8.36. The molecule has 2 aromatic carbocycles. The van der Waals surface area contributed by atoms with Crippen LogP contribution >= 0.6 is 0 Å². The number of benzene rings is 2. The Morgan fingerprint density at radius 3 is 2.36 bits per heavy atom. The molecule has 0 radical (unpaired) electrons. The molecule has 0 amide bonds. The lowest BCUT2D eigenvalue weighted by atomic mass is 10.0. The number of nitrogens with zero attached hydrogens (tertiary/aromatic N) is 5. The first kappa shape index (κ1) is 15.6. The zero-order chi connectivity index (χ0) is 17.7. The topological polar surface area (TPSA) is 48.5 Å². The second kappa shape index (κ2) is 5.55. The van der Waals surface area contributed by atoms with Gasteiger partial charge in [-0.25, -0.2) is 14.6 Å². The predicted molar refractivity (Wildman–Crippen MR) is 100 cm³/mol. The SMILES string of the molecule is Cc1cc(C)c(-n2ncnc2-c2ccc3c(c2)nc(C)n3C)c(C)c1. The van der Waals surface area contributed by atoms with Gasteiger partial charge in [-0.05, 0) is 57.0 Å². The lowest BCUT2D eigenvalue weighted by Crippen LogP contribution is -2.05. The number of hydrogen-bond donors (Lipinski definition) is 0. The maximum absolute atomic E-state index is 4.64. The van der Waals surface area contributed by atoms with Crippen molar-refractivity contribution in [2.75, 3.05) is 0 Å². The van der Waals surface area contributed by atoms with Crippen LogP contribution in [-0.2, 0) is 7.05 Å². The van der Waals surface area contributed by atoms with Crippen molar-refractivity contribution in [1.29, 1.82) is 0 Å². The fourth-order valence-electron chi connectivity index (χ4n) is 3.57. The Morgan fingerprint density at radius 1 is 0.920 bits per heavy atom. The fraction of sp³-hybridized carbons (Fsp3) is 0.250. The van der Waals surface area contributed by atoms with Crippen LogP contribution in [0.25, 0.3) is 28.1 Å². The van der Waals surface area contributed by atoms with Crippen LogP contribution in [-0.4, -0.2) is 24.3 Å². The van der Waals surface area contributed by atoms with Crippen LogP contribution in [0.3, 0.4) is 0 Å². The number of hydrogen-bond acceptors (Lipinski definition) is 3.